The van der Waals surface area contributed by atoms with Gasteiger partial charge in [-0.2, -0.15) is 0 Å². The van der Waals surface area contributed by atoms with E-state index in [1.54, 1.807) is 42.6 Å². The Morgan fingerprint density at radius 2 is 1.64 bits per heavy atom. The Balaban J connectivity index is 1.54. The molecule has 0 saturated heterocycles. The summed E-state index contributed by atoms with van der Waals surface area (Å²) in [6.07, 6.45) is 3.59. The third-order valence-corrected chi connectivity index (χ3v) is 6.65. The van der Waals surface area contributed by atoms with Gasteiger partial charge < -0.3 is 9.88 Å². The lowest BCUT2D eigenvalue weighted by molar-refractivity contribution is 0.0952. The van der Waals surface area contributed by atoms with Gasteiger partial charge in [0.1, 0.15) is 5.82 Å². The van der Waals surface area contributed by atoms with Crippen LogP contribution in [0.25, 0.3) is 5.69 Å². The maximum atomic E-state index is 13.0. The fraction of sp³-hybridized carbons (Fsp3) is 0.120. The van der Waals surface area contributed by atoms with Crippen LogP contribution in [0.15, 0.2) is 90.1 Å². The third-order valence-electron chi connectivity index (χ3n) is 5.26. The second-order valence-electron chi connectivity index (χ2n) is 7.62. The van der Waals surface area contributed by atoms with Crippen LogP contribution in [0, 0.1) is 13.8 Å². The van der Waals surface area contributed by atoms with Gasteiger partial charge in [-0.15, -0.1) is 0 Å². The van der Waals surface area contributed by atoms with E-state index >= 15 is 0 Å². The average Bonchev–Trinajstić information content (AvgIpc) is 3.23. The summed E-state index contributed by atoms with van der Waals surface area (Å²) < 4.78 is 30.1. The van der Waals surface area contributed by atoms with Gasteiger partial charge >= 0.3 is 0 Å². The Kier molecular flexibility index (Phi) is 6.28. The highest BCUT2D eigenvalue weighted by Gasteiger charge is 2.19. The fourth-order valence-electron chi connectivity index (χ4n) is 3.49. The Labute approximate surface area is 193 Å². The summed E-state index contributed by atoms with van der Waals surface area (Å²) in [6, 6.07) is 20.8. The first-order chi connectivity index (χ1) is 15.8. The zero-order valence-electron chi connectivity index (χ0n) is 18.3. The molecule has 7 nitrogen and oxygen atoms in total. The van der Waals surface area contributed by atoms with Crippen molar-refractivity contribution in [3.8, 4) is 5.69 Å². The molecule has 0 spiro atoms. The van der Waals surface area contributed by atoms with Gasteiger partial charge in [0.05, 0.1) is 21.8 Å². The van der Waals surface area contributed by atoms with E-state index < -0.39 is 10.0 Å². The Morgan fingerprint density at radius 3 is 2.36 bits per heavy atom. The van der Waals surface area contributed by atoms with Crippen molar-refractivity contribution in [2.24, 2.45) is 0 Å². The summed E-state index contributed by atoms with van der Waals surface area (Å²) in [5, 5.41) is 2.90. The molecular weight excluding hydrogens is 436 g/mol. The molecule has 0 aliphatic rings. The molecule has 1 heterocycles. The lowest BCUT2D eigenvalue weighted by atomic mass is 10.1. The van der Waals surface area contributed by atoms with E-state index in [4.69, 9.17) is 0 Å². The molecule has 0 radical (unpaired) electrons. The minimum Gasteiger partial charge on any atom is -0.348 e. The van der Waals surface area contributed by atoms with Crippen molar-refractivity contribution in [3.05, 3.63) is 108 Å². The minimum atomic E-state index is -3.83. The predicted octanol–water partition coefficient (Wildman–Crippen LogP) is 4.22. The predicted molar refractivity (Wildman–Crippen MR) is 128 cm³/mol. The highest BCUT2D eigenvalue weighted by atomic mass is 32.2. The summed E-state index contributed by atoms with van der Waals surface area (Å²) in [5.74, 6) is 0.457. The number of nitrogens with one attached hydrogen (secondary N) is 2. The van der Waals surface area contributed by atoms with E-state index in [0.29, 0.717) is 0 Å². The number of aryl methyl sites for hydroxylation is 2. The summed E-state index contributed by atoms with van der Waals surface area (Å²) in [4.78, 5) is 17.4. The van der Waals surface area contributed by atoms with Crippen LogP contribution in [0.1, 0.15) is 27.3 Å². The molecule has 1 aromatic heterocycles. The number of imidazole rings is 1. The van der Waals surface area contributed by atoms with Crippen molar-refractivity contribution in [2.75, 3.05) is 4.72 Å². The first-order valence-electron chi connectivity index (χ1n) is 10.4. The molecule has 0 atom stereocenters. The molecule has 4 rings (SSSR count). The number of aromatic nitrogens is 2. The van der Waals surface area contributed by atoms with Crippen LogP contribution in [0.2, 0.25) is 0 Å². The number of para-hydroxylation sites is 2. The first-order valence-corrected chi connectivity index (χ1v) is 11.9. The quantitative estimate of drug-likeness (QED) is 0.432. The normalized spacial score (nSPS) is 11.2. The van der Waals surface area contributed by atoms with Crippen LogP contribution < -0.4 is 10.0 Å². The summed E-state index contributed by atoms with van der Waals surface area (Å²) in [7, 11) is -3.83. The molecular formula is C25H24N4O3S. The van der Waals surface area contributed by atoms with Gasteiger partial charge in [0.25, 0.3) is 15.9 Å². The molecule has 168 valence electrons. The van der Waals surface area contributed by atoms with Crippen LogP contribution in [0.3, 0.4) is 0 Å². The number of carbonyl (C=O) groups excluding carboxylic acids is 1. The molecule has 0 fully saturated rings. The van der Waals surface area contributed by atoms with Gasteiger partial charge in [-0.3, -0.25) is 9.52 Å². The maximum absolute atomic E-state index is 13.0. The van der Waals surface area contributed by atoms with Crippen LogP contribution in [0.4, 0.5) is 5.69 Å². The molecule has 0 aliphatic carbocycles. The van der Waals surface area contributed by atoms with E-state index in [2.05, 4.69) is 15.0 Å². The zero-order chi connectivity index (χ0) is 23.4. The van der Waals surface area contributed by atoms with Gasteiger partial charge in [0.15, 0.2) is 0 Å². The highest BCUT2D eigenvalue weighted by molar-refractivity contribution is 7.92. The fourth-order valence-corrected chi connectivity index (χ4v) is 4.57. The number of amides is 1. The van der Waals surface area contributed by atoms with Crippen molar-refractivity contribution in [1.82, 2.24) is 14.9 Å². The first kappa shape index (κ1) is 22.3. The number of benzene rings is 3. The number of carbonyl (C=O) groups is 1. The number of nitrogens with zero attached hydrogens (tertiary/aromatic N) is 2. The van der Waals surface area contributed by atoms with Crippen molar-refractivity contribution < 1.29 is 13.2 Å². The van der Waals surface area contributed by atoms with Crippen LogP contribution >= 0.6 is 0 Å². The molecule has 3 aromatic carbocycles. The number of sulfonamides is 1. The molecule has 8 heteroatoms. The van der Waals surface area contributed by atoms with Crippen molar-refractivity contribution in [3.63, 3.8) is 0 Å². The summed E-state index contributed by atoms with van der Waals surface area (Å²) in [5.41, 5.74) is 3.24. The summed E-state index contributed by atoms with van der Waals surface area (Å²) >= 11 is 0. The van der Waals surface area contributed by atoms with Crippen LogP contribution in [-0.2, 0) is 16.6 Å². The zero-order valence-corrected chi connectivity index (χ0v) is 19.1. The van der Waals surface area contributed by atoms with Gasteiger partial charge in [-0.25, -0.2) is 13.4 Å². The van der Waals surface area contributed by atoms with Gasteiger partial charge in [0.2, 0.25) is 0 Å². The third kappa shape index (κ3) is 4.96. The standard InChI is InChI=1S/C25H24N4O3S/c1-18-11-13-21(14-12-18)33(31,32)28-23-9-5-4-8-22(23)25(30)27-17-20-7-3-6-10-24(20)29-16-15-26-19(29)2/h3-16,28H,17H2,1-2H3,(H,27,30). The van der Waals surface area contributed by atoms with Crippen molar-refractivity contribution in [2.45, 2.75) is 25.3 Å². The molecule has 4 aromatic rings. The second-order valence-corrected chi connectivity index (χ2v) is 9.30. The van der Waals surface area contributed by atoms with Gasteiger partial charge in [-0.05, 0) is 49.7 Å². The van der Waals surface area contributed by atoms with Crippen molar-refractivity contribution >= 4 is 21.6 Å². The van der Waals surface area contributed by atoms with E-state index in [0.717, 1.165) is 22.6 Å². The Morgan fingerprint density at radius 1 is 0.939 bits per heavy atom. The number of rotatable bonds is 7. The molecule has 1 amide bonds. The highest BCUT2D eigenvalue weighted by Crippen LogP contribution is 2.21. The van der Waals surface area contributed by atoms with Crippen molar-refractivity contribution in [1.29, 1.82) is 0 Å². The van der Waals surface area contributed by atoms with E-state index in [-0.39, 0.29) is 28.6 Å². The molecule has 0 unspecified atom stereocenters. The Hall–Kier alpha value is -3.91. The SMILES string of the molecule is Cc1ccc(S(=O)(=O)Nc2ccccc2C(=O)NCc2ccccc2-n2ccnc2C)cc1. The smallest absolute Gasteiger partial charge is 0.261 e. The number of anilines is 1. The summed E-state index contributed by atoms with van der Waals surface area (Å²) in [6.45, 7) is 4.06. The topological polar surface area (TPSA) is 93.1 Å². The molecule has 0 aliphatic heterocycles. The van der Waals surface area contributed by atoms with Gasteiger partial charge in [0, 0.05) is 18.9 Å². The average molecular weight is 461 g/mol. The molecule has 0 saturated carbocycles. The molecule has 2 N–H and O–H groups in total. The van der Waals surface area contributed by atoms with Crippen LogP contribution in [-0.4, -0.2) is 23.9 Å². The maximum Gasteiger partial charge on any atom is 0.261 e. The number of hydrogen-bond acceptors (Lipinski definition) is 4. The molecule has 0 bridgehead atoms. The minimum absolute atomic E-state index is 0.132. The lowest BCUT2D eigenvalue weighted by Gasteiger charge is -2.15. The van der Waals surface area contributed by atoms with Gasteiger partial charge in [-0.1, -0.05) is 48.0 Å². The van der Waals surface area contributed by atoms with E-state index in [1.165, 1.54) is 12.1 Å². The lowest BCUT2D eigenvalue weighted by Crippen LogP contribution is -2.25. The van der Waals surface area contributed by atoms with E-state index in [9.17, 15) is 13.2 Å². The molecule has 33 heavy (non-hydrogen) atoms. The number of hydrogen-bond donors (Lipinski definition) is 2. The second kappa shape index (κ2) is 9.30. The van der Waals surface area contributed by atoms with Crippen LogP contribution in [0.5, 0.6) is 0 Å². The largest absolute Gasteiger partial charge is 0.348 e. The Bertz CT molecular complexity index is 1390. The van der Waals surface area contributed by atoms with E-state index in [1.807, 2.05) is 48.9 Å². The monoisotopic (exact) mass is 460 g/mol.